The second-order valence-electron chi connectivity index (χ2n) is 7.28. The van der Waals surface area contributed by atoms with Gasteiger partial charge in [-0.15, -0.1) is 0 Å². The molecule has 29 heavy (non-hydrogen) atoms. The van der Waals surface area contributed by atoms with E-state index in [-0.39, 0.29) is 5.56 Å². The predicted molar refractivity (Wildman–Crippen MR) is 110 cm³/mol. The van der Waals surface area contributed by atoms with E-state index in [1.807, 2.05) is 30.5 Å². The van der Waals surface area contributed by atoms with Crippen molar-refractivity contribution in [3.63, 3.8) is 0 Å². The number of halogens is 3. The molecule has 5 rings (SSSR count). The topological polar surface area (TPSA) is 17.3 Å². The summed E-state index contributed by atoms with van der Waals surface area (Å²) in [4.78, 5) is 4.49. The van der Waals surface area contributed by atoms with Crippen LogP contribution in [0.15, 0.2) is 79.1 Å². The Kier molecular flexibility index (Phi) is 3.88. The maximum Gasteiger partial charge on any atom is 0.395 e. The Morgan fingerprint density at radius 2 is 1.52 bits per heavy atom. The number of rotatable bonds is 2. The predicted octanol–water partition coefficient (Wildman–Crippen LogP) is 6.97. The van der Waals surface area contributed by atoms with Crippen molar-refractivity contribution in [1.29, 1.82) is 0 Å². The first-order valence-corrected chi connectivity index (χ1v) is 9.38. The highest BCUT2D eigenvalue weighted by Crippen LogP contribution is 2.36. The van der Waals surface area contributed by atoms with Gasteiger partial charge in [-0.25, -0.2) is 4.98 Å². The molecule has 1 unspecified atom stereocenters. The number of aromatic nitrogens is 2. The Bertz CT molecular complexity index is 1350. The van der Waals surface area contributed by atoms with Crippen LogP contribution in [-0.2, 0) is 0 Å². The van der Waals surface area contributed by atoms with Crippen molar-refractivity contribution >= 4 is 27.3 Å². The van der Waals surface area contributed by atoms with Crippen LogP contribution in [0.4, 0.5) is 13.2 Å². The van der Waals surface area contributed by atoms with E-state index in [2.05, 4.69) is 27.6 Å². The number of nitrogens with zero attached hydrogens (tertiary/aromatic N) is 2. The van der Waals surface area contributed by atoms with Gasteiger partial charge in [0.15, 0.2) is 0 Å². The molecule has 0 aliphatic heterocycles. The number of fused-ring (bicyclic) bond motifs is 6. The number of alkyl halides is 3. The molecule has 0 N–H and O–H groups in total. The first-order valence-electron chi connectivity index (χ1n) is 9.38. The Balaban J connectivity index is 1.67. The van der Waals surface area contributed by atoms with Crippen molar-refractivity contribution < 1.29 is 13.2 Å². The zero-order valence-corrected chi connectivity index (χ0v) is 15.6. The van der Waals surface area contributed by atoms with Crippen LogP contribution >= 0.6 is 0 Å². The minimum Gasteiger partial charge on any atom is -0.299 e. The number of imidazole rings is 1. The summed E-state index contributed by atoms with van der Waals surface area (Å²) in [6.45, 7) is 1.19. The summed E-state index contributed by atoms with van der Waals surface area (Å²) in [6, 6.07) is 20.9. The maximum absolute atomic E-state index is 13.0. The molecule has 5 heteroatoms. The van der Waals surface area contributed by atoms with Gasteiger partial charge in [-0.05, 0) is 41.1 Å². The van der Waals surface area contributed by atoms with Gasteiger partial charge in [0.05, 0.1) is 11.4 Å². The Morgan fingerprint density at radius 1 is 0.828 bits per heavy atom. The quantitative estimate of drug-likeness (QED) is 0.297. The lowest BCUT2D eigenvalue weighted by Gasteiger charge is -2.16. The van der Waals surface area contributed by atoms with E-state index in [9.17, 15) is 13.2 Å². The summed E-state index contributed by atoms with van der Waals surface area (Å²) in [5, 5.41) is 3.25. The van der Waals surface area contributed by atoms with Gasteiger partial charge in [-0.2, -0.15) is 13.2 Å². The van der Waals surface area contributed by atoms with Crippen molar-refractivity contribution in [2.75, 3.05) is 0 Å². The van der Waals surface area contributed by atoms with Gasteiger partial charge >= 0.3 is 6.18 Å². The lowest BCUT2D eigenvalue weighted by molar-refractivity contribution is -0.146. The van der Waals surface area contributed by atoms with E-state index in [1.54, 1.807) is 30.5 Å². The van der Waals surface area contributed by atoms with Gasteiger partial charge in [-0.3, -0.25) is 4.40 Å². The highest BCUT2D eigenvalue weighted by atomic mass is 19.4. The molecule has 2 heterocycles. The Hall–Kier alpha value is -3.34. The van der Waals surface area contributed by atoms with Crippen LogP contribution in [0.2, 0.25) is 0 Å². The number of pyridine rings is 1. The van der Waals surface area contributed by atoms with E-state index >= 15 is 0 Å². The number of hydrogen-bond donors (Lipinski definition) is 0. The second-order valence-corrected chi connectivity index (χ2v) is 7.28. The van der Waals surface area contributed by atoms with Gasteiger partial charge < -0.3 is 0 Å². The molecule has 0 radical (unpaired) electrons. The van der Waals surface area contributed by atoms with Crippen LogP contribution in [0.3, 0.4) is 0 Å². The standard InChI is InChI=1S/C24H17F3N2/c1-15(24(25,26)27)16-6-8-17(9-7-16)18-10-11-22-21(14-18)19-4-2-3-5-20(19)23-28-12-13-29(22)23/h2-15H,1H3. The normalized spacial score (nSPS) is 13.4. The Labute approximate surface area is 165 Å². The molecule has 144 valence electrons. The summed E-state index contributed by atoms with van der Waals surface area (Å²) in [5.41, 5.74) is 4.08. The molecule has 3 aromatic carbocycles. The third-order valence-corrected chi connectivity index (χ3v) is 5.59. The van der Waals surface area contributed by atoms with Crippen LogP contribution in [-0.4, -0.2) is 15.6 Å². The second kappa shape index (κ2) is 6.34. The van der Waals surface area contributed by atoms with Crippen LogP contribution in [0, 0.1) is 0 Å². The first-order chi connectivity index (χ1) is 13.9. The molecule has 0 saturated heterocycles. The van der Waals surface area contributed by atoms with E-state index < -0.39 is 12.1 Å². The summed E-state index contributed by atoms with van der Waals surface area (Å²) >= 11 is 0. The fraction of sp³-hybridized carbons (Fsp3) is 0.125. The first kappa shape index (κ1) is 17.7. The van der Waals surface area contributed by atoms with Crippen molar-refractivity contribution in [2.24, 2.45) is 0 Å². The molecule has 0 aliphatic rings. The highest BCUT2D eigenvalue weighted by Gasteiger charge is 2.36. The number of hydrogen-bond acceptors (Lipinski definition) is 1. The smallest absolute Gasteiger partial charge is 0.299 e. The van der Waals surface area contributed by atoms with E-state index in [1.165, 1.54) is 6.92 Å². The van der Waals surface area contributed by atoms with Crippen LogP contribution in [0.1, 0.15) is 18.4 Å². The van der Waals surface area contributed by atoms with Gasteiger partial charge in [-0.1, -0.05) is 54.6 Å². The highest BCUT2D eigenvalue weighted by molar-refractivity contribution is 6.12. The largest absolute Gasteiger partial charge is 0.395 e. The summed E-state index contributed by atoms with van der Waals surface area (Å²) in [6.07, 6.45) is -0.508. The summed E-state index contributed by atoms with van der Waals surface area (Å²) < 4.78 is 41.0. The average molecular weight is 390 g/mol. The molecule has 0 spiro atoms. The van der Waals surface area contributed by atoms with E-state index in [0.717, 1.165) is 38.4 Å². The van der Waals surface area contributed by atoms with Gasteiger partial charge in [0.25, 0.3) is 0 Å². The van der Waals surface area contributed by atoms with Crippen LogP contribution in [0.5, 0.6) is 0 Å². The monoisotopic (exact) mass is 390 g/mol. The van der Waals surface area contributed by atoms with E-state index in [4.69, 9.17) is 0 Å². The SMILES string of the molecule is CC(c1ccc(-c2ccc3c(c2)c2ccccc2c2nccn32)cc1)C(F)(F)F. The maximum atomic E-state index is 13.0. The minimum atomic E-state index is -4.24. The molecule has 0 saturated carbocycles. The van der Waals surface area contributed by atoms with Crippen molar-refractivity contribution in [1.82, 2.24) is 9.38 Å². The molecule has 0 bridgehead atoms. The zero-order chi connectivity index (χ0) is 20.2. The Morgan fingerprint density at radius 3 is 2.24 bits per heavy atom. The molecule has 0 aliphatic carbocycles. The van der Waals surface area contributed by atoms with Crippen molar-refractivity contribution in [3.8, 4) is 11.1 Å². The lowest BCUT2D eigenvalue weighted by Crippen LogP contribution is -2.17. The molecular formula is C24H17F3N2. The fourth-order valence-electron chi connectivity index (χ4n) is 3.90. The lowest BCUT2D eigenvalue weighted by atomic mass is 9.96. The summed E-state index contributed by atoms with van der Waals surface area (Å²) in [7, 11) is 0. The van der Waals surface area contributed by atoms with Crippen LogP contribution in [0.25, 0.3) is 38.4 Å². The van der Waals surface area contributed by atoms with Crippen molar-refractivity contribution in [3.05, 3.63) is 84.7 Å². The molecule has 5 aromatic rings. The van der Waals surface area contributed by atoms with Gasteiger partial charge in [0.1, 0.15) is 5.65 Å². The molecule has 0 amide bonds. The third kappa shape index (κ3) is 2.85. The number of benzene rings is 3. The molecular weight excluding hydrogens is 373 g/mol. The zero-order valence-electron chi connectivity index (χ0n) is 15.6. The molecule has 0 fully saturated rings. The minimum absolute atomic E-state index is 0.271. The van der Waals surface area contributed by atoms with Crippen molar-refractivity contribution in [2.45, 2.75) is 19.0 Å². The fourth-order valence-corrected chi connectivity index (χ4v) is 3.90. The van der Waals surface area contributed by atoms with Gasteiger partial charge in [0, 0.05) is 23.2 Å². The molecule has 2 nitrogen and oxygen atoms in total. The van der Waals surface area contributed by atoms with Gasteiger partial charge in [0.2, 0.25) is 0 Å². The summed E-state index contributed by atoms with van der Waals surface area (Å²) in [5.74, 6) is -1.48. The third-order valence-electron chi connectivity index (χ3n) is 5.59. The average Bonchev–Trinajstić information content (AvgIpc) is 3.23. The van der Waals surface area contributed by atoms with E-state index in [0.29, 0.717) is 0 Å². The molecule has 1 atom stereocenters. The van der Waals surface area contributed by atoms with Crippen LogP contribution < -0.4 is 0 Å². The molecule has 2 aromatic heterocycles.